The van der Waals surface area contributed by atoms with Gasteiger partial charge in [0.05, 0.1) is 9.40 Å². The van der Waals surface area contributed by atoms with Gasteiger partial charge >= 0.3 is 0 Å². The first-order chi connectivity index (χ1) is 3.55. The fraction of sp³-hybridized carbons (Fsp3) is 0.500. The summed E-state index contributed by atoms with van der Waals surface area (Å²) in [6, 6.07) is -0.221. The molecule has 48 valence electrons. The second kappa shape index (κ2) is 3.62. The van der Waals surface area contributed by atoms with Crippen molar-refractivity contribution in [2.24, 2.45) is 5.73 Å². The van der Waals surface area contributed by atoms with Crippen LogP contribution in [0.3, 0.4) is 0 Å². The molecule has 8 heavy (non-hydrogen) atoms. The Balaban J connectivity index is 4.00. The number of nitrogens with two attached hydrogens (primary N) is 1. The fourth-order valence-corrected chi connectivity index (χ4v) is 0.564. The van der Waals surface area contributed by atoms with Crippen molar-refractivity contribution in [1.29, 1.82) is 0 Å². The van der Waals surface area contributed by atoms with Crippen molar-refractivity contribution >= 4 is 35.8 Å². The van der Waals surface area contributed by atoms with E-state index in [2.05, 4.69) is 12.6 Å². The summed E-state index contributed by atoms with van der Waals surface area (Å²) in [6.45, 7) is 1.74. The first kappa shape index (κ1) is 8.63. The summed E-state index contributed by atoms with van der Waals surface area (Å²) < 4.78 is 0.265. The molecule has 0 bridgehead atoms. The third-order valence-corrected chi connectivity index (χ3v) is 1.80. The van der Waals surface area contributed by atoms with Crippen molar-refractivity contribution < 1.29 is 0 Å². The molecule has 0 radical (unpaired) electrons. The minimum absolute atomic E-state index is 0.221. The van der Waals surface area contributed by atoms with Crippen molar-refractivity contribution in [1.82, 2.24) is 0 Å². The first-order valence-corrected chi connectivity index (χ1v) is 3.25. The molecular formula is C4H7Cl2NS. The number of halogens is 2. The van der Waals surface area contributed by atoms with E-state index in [1.54, 1.807) is 6.92 Å². The zero-order valence-corrected chi connectivity index (χ0v) is 6.76. The number of hydrogen-bond donors (Lipinski definition) is 2. The quantitative estimate of drug-likeness (QED) is 0.580. The molecule has 0 heterocycles. The second-order valence-electron chi connectivity index (χ2n) is 1.43. The molecule has 4 heteroatoms. The Morgan fingerprint density at radius 2 is 2.00 bits per heavy atom. The smallest absolute Gasteiger partial charge is 0.0865 e. The van der Waals surface area contributed by atoms with Gasteiger partial charge in [0.25, 0.3) is 0 Å². The Morgan fingerprint density at radius 3 is 2.00 bits per heavy atom. The lowest BCUT2D eigenvalue weighted by atomic mass is 10.4. The summed E-state index contributed by atoms with van der Waals surface area (Å²) in [5, 5.41) is 0.398. The average molecular weight is 172 g/mol. The van der Waals surface area contributed by atoms with E-state index in [1.807, 2.05) is 0 Å². The van der Waals surface area contributed by atoms with Gasteiger partial charge in [-0.25, -0.2) is 0 Å². The van der Waals surface area contributed by atoms with Crippen LogP contribution in [0.25, 0.3) is 0 Å². The molecular weight excluding hydrogens is 165 g/mol. The Bertz CT molecular complexity index is 107. The SMILES string of the molecule is CC(N)/C(Cl)=C(\S)Cl. The maximum absolute atomic E-state index is 5.50. The van der Waals surface area contributed by atoms with Gasteiger partial charge in [-0.1, -0.05) is 23.2 Å². The largest absolute Gasteiger partial charge is 0.323 e. The molecule has 0 saturated carbocycles. The van der Waals surface area contributed by atoms with E-state index in [4.69, 9.17) is 28.9 Å². The van der Waals surface area contributed by atoms with Gasteiger partial charge in [0.15, 0.2) is 0 Å². The molecule has 0 aliphatic heterocycles. The molecule has 0 amide bonds. The van der Waals surface area contributed by atoms with Gasteiger partial charge in [0.2, 0.25) is 0 Å². The summed E-state index contributed by atoms with van der Waals surface area (Å²) in [7, 11) is 0. The van der Waals surface area contributed by atoms with Crippen LogP contribution < -0.4 is 5.73 Å². The van der Waals surface area contributed by atoms with Gasteiger partial charge in [0, 0.05) is 6.04 Å². The van der Waals surface area contributed by atoms with Crippen LogP contribution in [0, 0.1) is 0 Å². The Morgan fingerprint density at radius 1 is 1.62 bits per heavy atom. The lowest BCUT2D eigenvalue weighted by Crippen LogP contribution is -2.14. The van der Waals surface area contributed by atoms with Gasteiger partial charge in [-0.15, -0.1) is 12.6 Å². The van der Waals surface area contributed by atoms with Crippen LogP contribution >= 0.6 is 35.8 Å². The van der Waals surface area contributed by atoms with Crippen molar-refractivity contribution in [2.75, 3.05) is 0 Å². The predicted molar refractivity (Wildman–Crippen MR) is 41.4 cm³/mol. The minimum atomic E-state index is -0.221. The van der Waals surface area contributed by atoms with E-state index >= 15 is 0 Å². The highest BCUT2D eigenvalue weighted by Crippen LogP contribution is 2.18. The molecule has 1 atom stereocenters. The molecule has 0 aromatic carbocycles. The van der Waals surface area contributed by atoms with Gasteiger partial charge in [-0.2, -0.15) is 0 Å². The summed E-state index contributed by atoms with van der Waals surface area (Å²) >= 11 is 14.6. The number of rotatable bonds is 1. The molecule has 0 aromatic heterocycles. The van der Waals surface area contributed by atoms with E-state index < -0.39 is 0 Å². The third kappa shape index (κ3) is 2.82. The average Bonchev–Trinajstić information content (AvgIpc) is 1.64. The Hall–Kier alpha value is 0.630. The molecule has 1 nitrogen and oxygen atoms in total. The fourth-order valence-electron chi connectivity index (χ4n) is 0.188. The minimum Gasteiger partial charge on any atom is -0.323 e. The molecule has 2 N–H and O–H groups in total. The van der Waals surface area contributed by atoms with E-state index in [9.17, 15) is 0 Å². The highest BCUT2D eigenvalue weighted by molar-refractivity contribution is 7.86. The topological polar surface area (TPSA) is 26.0 Å². The molecule has 0 rings (SSSR count). The zero-order valence-electron chi connectivity index (χ0n) is 4.36. The summed E-state index contributed by atoms with van der Waals surface area (Å²) in [4.78, 5) is 0. The van der Waals surface area contributed by atoms with Gasteiger partial charge in [0.1, 0.15) is 0 Å². The summed E-state index contributed by atoms with van der Waals surface area (Å²) in [6.07, 6.45) is 0. The van der Waals surface area contributed by atoms with Crippen LogP contribution in [0.15, 0.2) is 9.40 Å². The van der Waals surface area contributed by atoms with Crippen LogP contribution in [-0.4, -0.2) is 6.04 Å². The monoisotopic (exact) mass is 171 g/mol. The van der Waals surface area contributed by atoms with Crippen molar-refractivity contribution in [3.05, 3.63) is 9.40 Å². The molecule has 0 aliphatic rings. The second-order valence-corrected chi connectivity index (χ2v) is 2.92. The maximum Gasteiger partial charge on any atom is 0.0865 e. The van der Waals surface area contributed by atoms with Crippen molar-refractivity contribution in [2.45, 2.75) is 13.0 Å². The molecule has 1 unspecified atom stereocenters. The van der Waals surface area contributed by atoms with E-state index in [0.29, 0.717) is 5.03 Å². The van der Waals surface area contributed by atoms with Gasteiger partial charge < -0.3 is 5.73 Å². The highest BCUT2D eigenvalue weighted by atomic mass is 35.5. The zero-order chi connectivity index (χ0) is 6.73. The van der Waals surface area contributed by atoms with Crippen molar-refractivity contribution in [3.63, 3.8) is 0 Å². The lowest BCUT2D eigenvalue weighted by molar-refractivity contribution is 0.908. The normalized spacial score (nSPS) is 17.6. The predicted octanol–water partition coefficient (Wildman–Crippen LogP) is 1.91. The van der Waals surface area contributed by atoms with Crippen LogP contribution in [0.2, 0.25) is 0 Å². The summed E-state index contributed by atoms with van der Waals surface area (Å²) in [5.41, 5.74) is 5.31. The maximum atomic E-state index is 5.50. The molecule has 0 saturated heterocycles. The molecule has 0 aromatic rings. The lowest BCUT2D eigenvalue weighted by Gasteiger charge is -2.00. The Kier molecular flexibility index (Phi) is 3.90. The van der Waals surface area contributed by atoms with Crippen molar-refractivity contribution in [3.8, 4) is 0 Å². The first-order valence-electron chi connectivity index (χ1n) is 2.05. The number of thiol groups is 1. The third-order valence-electron chi connectivity index (χ3n) is 0.597. The van der Waals surface area contributed by atoms with E-state index in [0.717, 1.165) is 0 Å². The number of hydrogen-bond acceptors (Lipinski definition) is 2. The van der Waals surface area contributed by atoms with E-state index in [1.165, 1.54) is 0 Å². The standard InChI is InChI=1S/C4H7Cl2NS/c1-2(7)3(5)4(6)8/h2,8H,7H2,1H3/b4-3+. The van der Waals surface area contributed by atoms with E-state index in [-0.39, 0.29) is 10.4 Å². The van der Waals surface area contributed by atoms with Gasteiger partial charge in [-0.05, 0) is 6.92 Å². The molecule has 0 aliphatic carbocycles. The molecule has 0 spiro atoms. The van der Waals surface area contributed by atoms with Gasteiger partial charge in [-0.3, -0.25) is 0 Å². The summed E-state index contributed by atoms with van der Waals surface area (Å²) in [5.74, 6) is 0. The Labute approximate surface area is 64.2 Å². The molecule has 0 fully saturated rings. The highest BCUT2D eigenvalue weighted by Gasteiger charge is 2.01. The van der Waals surface area contributed by atoms with Crippen LogP contribution in [0.1, 0.15) is 6.92 Å². The van der Waals surface area contributed by atoms with Crippen LogP contribution in [-0.2, 0) is 0 Å². The van der Waals surface area contributed by atoms with Crippen LogP contribution in [0.5, 0.6) is 0 Å². The van der Waals surface area contributed by atoms with Crippen LogP contribution in [0.4, 0.5) is 0 Å².